The standard InChI is InChI=1S/C20H16N2O4S/c23-15-5-4-14(22-7-1-2-13(15)22)16(24)9-20-21-10-19(27-20)12-3-6-17-18(8-12)26-11-25-17/h1-3,6-8,10,14H,4-5,9,11H2. The lowest BCUT2D eigenvalue weighted by Crippen LogP contribution is -2.28. The number of benzene rings is 1. The van der Waals surface area contributed by atoms with Crippen molar-refractivity contribution < 1.29 is 19.1 Å². The van der Waals surface area contributed by atoms with Crippen LogP contribution < -0.4 is 9.47 Å². The maximum absolute atomic E-state index is 12.8. The molecule has 0 radical (unpaired) electrons. The van der Waals surface area contributed by atoms with E-state index in [9.17, 15) is 9.59 Å². The lowest BCUT2D eigenvalue weighted by Gasteiger charge is -2.24. The van der Waals surface area contributed by atoms with E-state index in [0.717, 1.165) is 26.9 Å². The summed E-state index contributed by atoms with van der Waals surface area (Å²) >= 11 is 1.50. The van der Waals surface area contributed by atoms with Crippen molar-refractivity contribution in [1.29, 1.82) is 0 Å². The fraction of sp³-hybridized carbons (Fsp3) is 0.250. The third-order valence-electron chi connectivity index (χ3n) is 4.95. The Morgan fingerprint density at radius 3 is 3.07 bits per heavy atom. The van der Waals surface area contributed by atoms with Gasteiger partial charge in [0.15, 0.2) is 23.1 Å². The number of hydrogen-bond acceptors (Lipinski definition) is 6. The van der Waals surface area contributed by atoms with Crippen LogP contribution in [0.1, 0.15) is 34.4 Å². The molecule has 0 saturated carbocycles. The Morgan fingerprint density at radius 1 is 1.26 bits per heavy atom. The van der Waals surface area contributed by atoms with Gasteiger partial charge in [0.1, 0.15) is 5.01 Å². The van der Waals surface area contributed by atoms with Gasteiger partial charge in [-0.3, -0.25) is 9.59 Å². The molecular formula is C20H16N2O4S. The van der Waals surface area contributed by atoms with Crippen molar-refractivity contribution in [3.63, 3.8) is 0 Å². The molecule has 2 aliphatic rings. The predicted octanol–water partition coefficient (Wildman–Crippen LogP) is 3.67. The van der Waals surface area contributed by atoms with Gasteiger partial charge in [-0.05, 0) is 42.3 Å². The third-order valence-corrected chi connectivity index (χ3v) is 6.00. The Morgan fingerprint density at radius 2 is 2.15 bits per heavy atom. The van der Waals surface area contributed by atoms with Gasteiger partial charge in [-0.2, -0.15) is 0 Å². The van der Waals surface area contributed by atoms with Gasteiger partial charge in [0, 0.05) is 18.8 Å². The molecule has 0 bridgehead atoms. The lowest BCUT2D eigenvalue weighted by molar-refractivity contribution is -0.121. The number of hydrogen-bond donors (Lipinski definition) is 0. The van der Waals surface area contributed by atoms with E-state index in [1.54, 1.807) is 16.8 Å². The maximum atomic E-state index is 12.8. The fourth-order valence-electron chi connectivity index (χ4n) is 3.60. The molecule has 27 heavy (non-hydrogen) atoms. The monoisotopic (exact) mass is 380 g/mol. The van der Waals surface area contributed by atoms with E-state index in [4.69, 9.17) is 9.47 Å². The highest BCUT2D eigenvalue weighted by atomic mass is 32.1. The zero-order valence-electron chi connectivity index (χ0n) is 14.4. The number of thiazole rings is 1. The molecule has 1 aromatic carbocycles. The molecule has 2 aliphatic heterocycles. The van der Waals surface area contributed by atoms with Gasteiger partial charge in [-0.15, -0.1) is 11.3 Å². The highest BCUT2D eigenvalue weighted by Crippen LogP contribution is 2.37. The van der Waals surface area contributed by atoms with Gasteiger partial charge >= 0.3 is 0 Å². The number of fused-ring (bicyclic) bond motifs is 2. The maximum Gasteiger partial charge on any atom is 0.231 e. The van der Waals surface area contributed by atoms with Crippen LogP contribution >= 0.6 is 11.3 Å². The van der Waals surface area contributed by atoms with E-state index < -0.39 is 0 Å². The SMILES string of the molecule is O=C1CCC(C(=O)Cc2ncc(-c3ccc4c(c3)OCO4)s2)n2cccc21. The Bertz CT molecular complexity index is 1050. The van der Waals surface area contributed by atoms with Crippen LogP contribution in [0.4, 0.5) is 0 Å². The van der Waals surface area contributed by atoms with Crippen LogP contribution in [0.5, 0.6) is 11.5 Å². The van der Waals surface area contributed by atoms with Crippen LogP contribution in [0.3, 0.4) is 0 Å². The summed E-state index contributed by atoms with van der Waals surface area (Å²) < 4.78 is 12.6. The van der Waals surface area contributed by atoms with Crippen molar-refractivity contribution >= 4 is 22.9 Å². The van der Waals surface area contributed by atoms with E-state index >= 15 is 0 Å². The highest BCUT2D eigenvalue weighted by Gasteiger charge is 2.29. The highest BCUT2D eigenvalue weighted by molar-refractivity contribution is 7.15. The first-order valence-corrected chi connectivity index (χ1v) is 9.58. The molecule has 1 atom stereocenters. The molecule has 7 heteroatoms. The Hall–Kier alpha value is -2.93. The number of nitrogens with zero attached hydrogens (tertiary/aromatic N) is 2. The molecule has 0 saturated heterocycles. The molecular weight excluding hydrogens is 364 g/mol. The van der Waals surface area contributed by atoms with Gasteiger partial charge in [-0.1, -0.05) is 0 Å². The summed E-state index contributed by atoms with van der Waals surface area (Å²) in [5.74, 6) is 1.66. The number of carbonyl (C=O) groups is 2. The molecule has 4 heterocycles. The van der Waals surface area contributed by atoms with Crippen LogP contribution in [0.25, 0.3) is 10.4 Å². The van der Waals surface area contributed by atoms with Crippen LogP contribution in [0, 0.1) is 0 Å². The second kappa shape index (κ2) is 6.35. The third kappa shape index (κ3) is 2.84. The summed E-state index contributed by atoms with van der Waals surface area (Å²) in [6, 6.07) is 9.09. The number of carbonyl (C=O) groups excluding carboxylic acids is 2. The average molecular weight is 380 g/mol. The topological polar surface area (TPSA) is 70.4 Å². The molecule has 5 rings (SSSR count). The number of Topliss-reactive ketones (excluding diaryl/α,β-unsaturated/α-hetero) is 2. The Balaban J connectivity index is 1.35. The summed E-state index contributed by atoms with van der Waals surface area (Å²) in [4.78, 5) is 30.2. The van der Waals surface area contributed by atoms with Gasteiger partial charge in [-0.25, -0.2) is 4.98 Å². The van der Waals surface area contributed by atoms with Crippen molar-refractivity contribution in [3.05, 3.63) is 53.4 Å². The molecule has 0 amide bonds. The minimum atomic E-state index is -0.286. The van der Waals surface area contributed by atoms with E-state index in [1.807, 2.05) is 30.5 Å². The first kappa shape index (κ1) is 16.3. The Labute approximate surface area is 159 Å². The van der Waals surface area contributed by atoms with Gasteiger partial charge in [0.2, 0.25) is 6.79 Å². The molecule has 3 aromatic rings. The van der Waals surface area contributed by atoms with Crippen LogP contribution in [-0.4, -0.2) is 27.9 Å². The number of ketones is 2. The Kier molecular flexibility index (Phi) is 3.82. The van der Waals surface area contributed by atoms with E-state index in [2.05, 4.69) is 4.98 Å². The molecule has 0 spiro atoms. The minimum Gasteiger partial charge on any atom is -0.454 e. The lowest BCUT2D eigenvalue weighted by atomic mass is 9.97. The van der Waals surface area contributed by atoms with Gasteiger partial charge in [0.25, 0.3) is 0 Å². The second-order valence-electron chi connectivity index (χ2n) is 6.61. The molecule has 6 nitrogen and oxygen atoms in total. The largest absolute Gasteiger partial charge is 0.454 e. The molecule has 0 fully saturated rings. The summed E-state index contributed by atoms with van der Waals surface area (Å²) in [5, 5.41) is 0.776. The zero-order chi connectivity index (χ0) is 18.4. The minimum absolute atomic E-state index is 0.0894. The normalized spacial score (nSPS) is 17.8. The van der Waals surface area contributed by atoms with Crippen LogP contribution in [-0.2, 0) is 11.2 Å². The van der Waals surface area contributed by atoms with Crippen molar-refractivity contribution in [3.8, 4) is 21.9 Å². The molecule has 1 unspecified atom stereocenters. The average Bonchev–Trinajstić information content (AvgIpc) is 3.41. The smallest absolute Gasteiger partial charge is 0.231 e. The molecule has 0 N–H and O–H groups in total. The van der Waals surface area contributed by atoms with Crippen LogP contribution in [0.15, 0.2) is 42.7 Å². The predicted molar refractivity (Wildman–Crippen MR) is 99.4 cm³/mol. The first-order valence-electron chi connectivity index (χ1n) is 8.76. The quantitative estimate of drug-likeness (QED) is 0.691. The fourth-order valence-corrected chi connectivity index (χ4v) is 4.52. The van der Waals surface area contributed by atoms with Crippen LogP contribution in [0.2, 0.25) is 0 Å². The summed E-state index contributed by atoms with van der Waals surface area (Å²) in [7, 11) is 0. The molecule has 0 aliphatic carbocycles. The first-order chi connectivity index (χ1) is 13.2. The summed E-state index contributed by atoms with van der Waals surface area (Å²) in [5.41, 5.74) is 1.62. The van der Waals surface area contributed by atoms with Crippen molar-refractivity contribution in [1.82, 2.24) is 9.55 Å². The number of aromatic nitrogens is 2. The summed E-state index contributed by atoms with van der Waals surface area (Å²) in [6.07, 6.45) is 4.84. The summed E-state index contributed by atoms with van der Waals surface area (Å²) in [6.45, 7) is 0.243. The van der Waals surface area contributed by atoms with Crippen molar-refractivity contribution in [2.24, 2.45) is 0 Å². The molecule has 2 aromatic heterocycles. The van der Waals surface area contributed by atoms with Crippen molar-refractivity contribution in [2.75, 3.05) is 6.79 Å². The number of rotatable bonds is 4. The van der Waals surface area contributed by atoms with Crippen molar-refractivity contribution in [2.45, 2.75) is 25.3 Å². The second-order valence-corrected chi connectivity index (χ2v) is 7.72. The molecule has 136 valence electrons. The van der Waals surface area contributed by atoms with Gasteiger partial charge < -0.3 is 14.0 Å². The zero-order valence-corrected chi connectivity index (χ0v) is 15.2. The number of ether oxygens (including phenoxy) is 2. The van der Waals surface area contributed by atoms with E-state index in [0.29, 0.717) is 18.5 Å². The van der Waals surface area contributed by atoms with Gasteiger partial charge in [0.05, 0.1) is 23.0 Å². The van der Waals surface area contributed by atoms with E-state index in [-0.39, 0.29) is 30.8 Å². The van der Waals surface area contributed by atoms with E-state index in [1.165, 1.54) is 11.3 Å².